The van der Waals surface area contributed by atoms with E-state index in [0.717, 1.165) is 51.6 Å². The van der Waals surface area contributed by atoms with Crippen molar-refractivity contribution in [1.29, 1.82) is 0 Å². The molecule has 6 heterocycles. The van der Waals surface area contributed by atoms with Gasteiger partial charge in [-0.15, -0.1) is 0 Å². The Hall–Kier alpha value is -5.72. The Morgan fingerprint density at radius 1 is 0.969 bits per heavy atom. The van der Waals surface area contributed by atoms with Crippen molar-refractivity contribution < 1.29 is 37.4 Å². The highest BCUT2D eigenvalue weighted by Crippen LogP contribution is 2.40. The number of nitrogens with zero attached hydrogens (tertiary/aromatic N) is 6. The second-order valence-corrected chi connectivity index (χ2v) is 18.3. The van der Waals surface area contributed by atoms with Gasteiger partial charge in [-0.05, 0) is 108 Å². The second-order valence-electron chi connectivity index (χ2n) is 17.9. The second kappa shape index (κ2) is 18.3. The molecule has 0 radical (unpaired) electrons. The number of piperidine rings is 3. The minimum Gasteiger partial charge on any atom is -0.478 e. The lowest BCUT2D eigenvalue weighted by Crippen LogP contribution is -2.52. The molecule has 4 fully saturated rings. The number of hydrogen-bond donors (Lipinski definition) is 3. The molecule has 19 heteroatoms. The Labute approximate surface area is 379 Å². The maximum Gasteiger partial charge on any atom is 0.293 e. The Morgan fingerprint density at radius 2 is 1.72 bits per heavy atom. The molecule has 4 aliphatic heterocycles. The number of aromatic nitrogens is 3. The molecule has 3 N–H and O–H groups in total. The molecular formula is C46H52ClF2N9O7. The lowest BCUT2D eigenvalue weighted by atomic mass is 9.83. The molecule has 1 atom stereocenters. The third kappa shape index (κ3) is 8.75. The quantitative estimate of drug-likeness (QED) is 0.156. The van der Waals surface area contributed by atoms with Gasteiger partial charge in [-0.2, -0.15) is 4.98 Å². The number of pyridine rings is 1. The number of carbonyl (C=O) groups is 4. The number of amides is 4. The van der Waals surface area contributed by atoms with E-state index in [0.29, 0.717) is 47.3 Å². The number of carbonyl (C=O) groups excluding carboxylic acids is 4. The van der Waals surface area contributed by atoms with Crippen LogP contribution in [0.5, 0.6) is 5.75 Å². The van der Waals surface area contributed by atoms with Gasteiger partial charge in [0.15, 0.2) is 24.0 Å². The SMILES string of the molecule is CNC(=O)COc1cc2c(F)c(Nc3nc(N4CCC(O[C@H]5C[C@H](N6CCC(c7ccc8c(c7F)CN([C@@H]7CCC(=O)NC7=O)C8=O)CC6)C5)CC4)ncc3Cl)ccc2n(C(C)C)c1=O. The average Bonchev–Trinajstić information content (AvgIpc) is 3.62. The highest BCUT2D eigenvalue weighted by atomic mass is 35.5. The molecule has 2 aromatic carbocycles. The van der Waals surface area contributed by atoms with Crippen LogP contribution >= 0.6 is 11.6 Å². The fraction of sp³-hybridized carbons (Fsp3) is 0.500. The fourth-order valence-electron chi connectivity index (χ4n) is 9.93. The van der Waals surface area contributed by atoms with Gasteiger partial charge in [-0.25, -0.2) is 13.8 Å². The van der Waals surface area contributed by atoms with Crippen LogP contribution in [-0.4, -0.2) is 112 Å². The summed E-state index contributed by atoms with van der Waals surface area (Å²) in [6.45, 7) is 6.26. The number of likely N-dealkylation sites (N-methyl/N-ethyl adjacent to an activating group) is 1. The summed E-state index contributed by atoms with van der Waals surface area (Å²) in [5.74, 6) is -2.11. The van der Waals surface area contributed by atoms with E-state index in [-0.39, 0.29) is 88.8 Å². The normalized spacial score (nSPS) is 22.0. The minimum absolute atomic E-state index is 0.0264. The van der Waals surface area contributed by atoms with E-state index in [9.17, 15) is 24.0 Å². The lowest BCUT2D eigenvalue weighted by molar-refractivity contribution is -0.137. The van der Waals surface area contributed by atoms with Crippen LogP contribution in [0.3, 0.4) is 0 Å². The van der Waals surface area contributed by atoms with Crippen molar-refractivity contribution in [3.05, 3.63) is 80.2 Å². The first-order chi connectivity index (χ1) is 31.3. The summed E-state index contributed by atoms with van der Waals surface area (Å²) in [6.07, 6.45) is 7.19. The Balaban J connectivity index is 0.756. The number of ether oxygens (including phenoxy) is 2. The van der Waals surface area contributed by atoms with Crippen LogP contribution < -0.4 is 31.1 Å². The number of halogens is 3. The zero-order valence-corrected chi connectivity index (χ0v) is 37.3. The van der Waals surface area contributed by atoms with Gasteiger partial charge in [0, 0.05) is 55.2 Å². The summed E-state index contributed by atoms with van der Waals surface area (Å²) < 4.78 is 45.7. The lowest BCUT2D eigenvalue weighted by Gasteiger charge is -2.47. The third-order valence-corrected chi connectivity index (χ3v) is 13.9. The summed E-state index contributed by atoms with van der Waals surface area (Å²) in [6, 6.07) is 7.22. The predicted molar refractivity (Wildman–Crippen MR) is 238 cm³/mol. The number of hydrogen-bond acceptors (Lipinski definition) is 12. The maximum atomic E-state index is 16.2. The monoisotopic (exact) mass is 915 g/mol. The zero-order chi connectivity index (χ0) is 45.7. The molecule has 5 aliphatic rings. The van der Waals surface area contributed by atoms with E-state index in [1.54, 1.807) is 32.0 Å². The first-order valence-electron chi connectivity index (χ1n) is 22.4. The van der Waals surface area contributed by atoms with Crippen LogP contribution in [-0.2, 0) is 25.7 Å². The van der Waals surface area contributed by atoms with Crippen molar-refractivity contribution in [3.63, 3.8) is 0 Å². The van der Waals surface area contributed by atoms with Crippen LogP contribution in [0.2, 0.25) is 5.02 Å². The van der Waals surface area contributed by atoms with Crippen molar-refractivity contribution in [3.8, 4) is 5.75 Å². The molecule has 9 rings (SSSR count). The van der Waals surface area contributed by atoms with Crippen molar-refractivity contribution in [2.24, 2.45) is 0 Å². The van der Waals surface area contributed by atoms with E-state index in [4.69, 9.17) is 21.1 Å². The van der Waals surface area contributed by atoms with E-state index in [1.165, 1.54) is 34.8 Å². The molecular weight excluding hydrogens is 864 g/mol. The zero-order valence-electron chi connectivity index (χ0n) is 36.5. The highest BCUT2D eigenvalue weighted by molar-refractivity contribution is 6.33. The van der Waals surface area contributed by atoms with Crippen molar-refractivity contribution >= 4 is 63.6 Å². The van der Waals surface area contributed by atoms with Crippen molar-refractivity contribution in [1.82, 2.24) is 35.0 Å². The summed E-state index contributed by atoms with van der Waals surface area (Å²) in [4.78, 5) is 77.4. The molecule has 2 aromatic heterocycles. The Kier molecular flexibility index (Phi) is 12.5. The fourth-order valence-corrected chi connectivity index (χ4v) is 10.1. The summed E-state index contributed by atoms with van der Waals surface area (Å²) in [7, 11) is 1.45. The minimum atomic E-state index is -0.779. The molecule has 0 spiro atoms. The van der Waals surface area contributed by atoms with Crippen LogP contribution in [0.15, 0.2) is 41.3 Å². The summed E-state index contributed by atoms with van der Waals surface area (Å²) >= 11 is 6.52. The topological polar surface area (TPSA) is 180 Å². The number of rotatable bonds is 12. The Morgan fingerprint density at radius 3 is 2.43 bits per heavy atom. The molecule has 4 amide bonds. The molecule has 0 unspecified atom stereocenters. The number of imide groups is 1. The summed E-state index contributed by atoms with van der Waals surface area (Å²) in [5.41, 5.74) is 1.23. The van der Waals surface area contributed by atoms with Gasteiger partial charge in [0.2, 0.25) is 17.8 Å². The van der Waals surface area contributed by atoms with Crippen molar-refractivity contribution in [2.45, 2.75) is 108 Å². The van der Waals surface area contributed by atoms with Crippen LogP contribution in [0.25, 0.3) is 10.9 Å². The van der Waals surface area contributed by atoms with Gasteiger partial charge >= 0.3 is 0 Å². The maximum absolute atomic E-state index is 16.2. The molecule has 3 saturated heterocycles. The Bertz CT molecular complexity index is 2610. The van der Waals surface area contributed by atoms with Crippen LogP contribution in [0.1, 0.15) is 98.7 Å². The van der Waals surface area contributed by atoms with E-state index in [2.05, 4.69) is 35.7 Å². The highest BCUT2D eigenvalue weighted by Gasteiger charge is 2.42. The molecule has 0 bridgehead atoms. The van der Waals surface area contributed by atoms with Gasteiger partial charge in [0.25, 0.3) is 17.4 Å². The third-order valence-electron chi connectivity index (χ3n) is 13.6. The molecule has 344 valence electrons. The number of anilines is 3. The van der Waals surface area contributed by atoms with E-state index >= 15 is 8.78 Å². The van der Waals surface area contributed by atoms with Gasteiger partial charge in [-0.1, -0.05) is 17.7 Å². The molecule has 16 nitrogen and oxygen atoms in total. The van der Waals surface area contributed by atoms with Gasteiger partial charge in [-0.3, -0.25) is 29.3 Å². The van der Waals surface area contributed by atoms with E-state index in [1.807, 2.05) is 0 Å². The van der Waals surface area contributed by atoms with Gasteiger partial charge < -0.3 is 39.4 Å². The first-order valence-corrected chi connectivity index (χ1v) is 22.8. The molecule has 1 aliphatic carbocycles. The number of benzene rings is 2. The van der Waals surface area contributed by atoms with Crippen LogP contribution in [0.4, 0.5) is 26.2 Å². The first kappa shape index (κ1) is 44.5. The number of likely N-dealkylation sites (tertiary alicyclic amines) is 1. The average molecular weight is 916 g/mol. The standard InChI is InChI=1S/C46H52ClF2N9O7/c1-24(2)58-35-7-6-34(41(49)31(35)20-37(45(58)63)64-23-39(60)50-3)52-42-33(47)21-51-46(54-42)56-16-12-27(13-17-56)65-28-18-26(19-28)55-14-10-25(11-15-55)29-4-5-30-32(40(29)48)22-57(44(30)62)36-8-9-38(59)53-43(36)61/h4-7,20-21,24-28,36H,8-19,22-23H2,1-3H3,(H,50,60)(H,51,52,54)(H,53,59,61)/t26-,28-,36-/m1/s1. The predicted octanol–water partition coefficient (Wildman–Crippen LogP) is 5.33. The smallest absolute Gasteiger partial charge is 0.293 e. The van der Waals surface area contributed by atoms with Crippen LogP contribution in [0, 0.1) is 11.6 Å². The van der Waals surface area contributed by atoms with Gasteiger partial charge in [0.1, 0.15) is 16.9 Å². The largest absolute Gasteiger partial charge is 0.478 e. The van der Waals surface area contributed by atoms with Crippen molar-refractivity contribution in [2.75, 3.05) is 50.1 Å². The van der Waals surface area contributed by atoms with E-state index < -0.39 is 35.8 Å². The summed E-state index contributed by atoms with van der Waals surface area (Å²) in [5, 5.41) is 8.07. The molecule has 1 saturated carbocycles. The molecule has 65 heavy (non-hydrogen) atoms. The van der Waals surface area contributed by atoms with Gasteiger partial charge in [0.05, 0.1) is 36.2 Å². The molecule has 4 aromatic rings. The number of nitrogens with one attached hydrogen (secondary N) is 3. The number of fused-ring (bicyclic) bond motifs is 2.